The molecule has 0 amide bonds. The van der Waals surface area contributed by atoms with Crippen molar-refractivity contribution in [2.75, 3.05) is 19.8 Å². The van der Waals surface area contributed by atoms with Gasteiger partial charge in [0, 0.05) is 53.7 Å². The van der Waals surface area contributed by atoms with E-state index in [0.29, 0.717) is 6.54 Å². The van der Waals surface area contributed by atoms with Gasteiger partial charge in [-0.1, -0.05) is 80.0 Å². The minimum Gasteiger partial charge on any atom is -0.381 e. The van der Waals surface area contributed by atoms with E-state index in [0.717, 1.165) is 76.6 Å². The van der Waals surface area contributed by atoms with Crippen LogP contribution in [-0.4, -0.2) is 41.8 Å². The number of ether oxygens (including phenoxy) is 1. The molecule has 0 atom stereocenters. The number of nitrogens with two attached hydrogens (primary N) is 1. The fraction of sp³-hybridized carbons (Fsp3) is 0.528. The van der Waals surface area contributed by atoms with Crippen molar-refractivity contribution in [3.63, 3.8) is 0 Å². The Hall–Kier alpha value is -2.87. The fourth-order valence-corrected chi connectivity index (χ4v) is 4.01. The van der Waals surface area contributed by atoms with E-state index in [9.17, 15) is 4.79 Å². The number of allylic oxidation sites excluding steroid dienone is 4. The SMILES string of the molecule is C=C/C(=C\c1c(-c2csc(/C(C)=C/C(=C\CC)C(C)=O)n2)c[nH]c1C)CN.CC.CC=O.CCC.CCCCOCCC. The first-order valence-corrected chi connectivity index (χ1v) is 16.6. The lowest BCUT2D eigenvalue weighted by Gasteiger charge is -2.02. The predicted octanol–water partition coefficient (Wildman–Crippen LogP) is 10.2. The highest BCUT2D eigenvalue weighted by molar-refractivity contribution is 7.11. The number of ketones is 1. The Morgan fingerprint density at radius 1 is 1.12 bits per heavy atom. The normalized spacial score (nSPS) is 10.9. The van der Waals surface area contributed by atoms with Gasteiger partial charge in [-0.15, -0.1) is 11.3 Å². The third kappa shape index (κ3) is 20.6. The van der Waals surface area contributed by atoms with Crippen molar-refractivity contribution in [1.82, 2.24) is 9.97 Å². The molecule has 0 bridgehead atoms. The number of aromatic nitrogens is 2. The van der Waals surface area contributed by atoms with Crippen LogP contribution in [0, 0.1) is 6.92 Å². The molecule has 7 heteroatoms. The second kappa shape index (κ2) is 30.6. The Labute approximate surface area is 267 Å². The summed E-state index contributed by atoms with van der Waals surface area (Å²) in [6.45, 7) is 27.8. The number of aldehydes is 1. The van der Waals surface area contributed by atoms with Gasteiger partial charge in [0.2, 0.25) is 0 Å². The van der Waals surface area contributed by atoms with Gasteiger partial charge in [0.05, 0.1) is 5.69 Å². The summed E-state index contributed by atoms with van der Waals surface area (Å²) in [5.41, 5.74) is 12.5. The maximum atomic E-state index is 11.8. The van der Waals surface area contributed by atoms with Gasteiger partial charge in [-0.25, -0.2) is 4.98 Å². The molecule has 6 nitrogen and oxygen atoms in total. The fourth-order valence-electron chi connectivity index (χ4n) is 3.21. The van der Waals surface area contributed by atoms with Gasteiger partial charge in [0.15, 0.2) is 5.78 Å². The van der Waals surface area contributed by atoms with E-state index in [1.54, 1.807) is 24.3 Å². The van der Waals surface area contributed by atoms with E-state index < -0.39 is 0 Å². The van der Waals surface area contributed by atoms with Crippen LogP contribution in [0.3, 0.4) is 0 Å². The van der Waals surface area contributed by atoms with Gasteiger partial charge < -0.3 is 20.2 Å². The number of unbranched alkanes of at least 4 members (excludes halogenated alkanes) is 1. The van der Waals surface area contributed by atoms with Crippen molar-refractivity contribution in [1.29, 1.82) is 0 Å². The number of H-pyrrole nitrogens is 1. The summed E-state index contributed by atoms with van der Waals surface area (Å²) in [5.74, 6) is 0.0698. The lowest BCUT2D eigenvalue weighted by Crippen LogP contribution is -2.00. The van der Waals surface area contributed by atoms with E-state index in [1.807, 2.05) is 64.4 Å². The van der Waals surface area contributed by atoms with Crippen LogP contribution in [0.25, 0.3) is 22.9 Å². The third-order valence-electron chi connectivity index (χ3n) is 5.27. The second-order valence-electron chi connectivity index (χ2n) is 9.27. The van der Waals surface area contributed by atoms with Crippen LogP contribution in [0.5, 0.6) is 0 Å². The molecule has 3 N–H and O–H groups in total. The number of carbonyl (C=O) groups excluding carboxylic acids is 2. The standard InChI is InChI=1S/C22H27N3OS.C7H16O.C3H8.C2H4O.C2H6/c1-6-8-18(16(5)26)9-14(3)22-25-21(13-27-22)20-12-24-15(4)19(20)10-17(7-2)11-23;1-3-5-7-8-6-4-2;1-3-2;1-2-3;1-2/h7-10,12-13,24H,2,6,11,23H2,1,3-5H3;3-7H2,1-2H3;3H2,1-2H3;2H,1H3;1-2H3/b14-9+,17-10+,18-8+;;;;. The molecule has 0 spiro atoms. The Bertz CT molecular complexity index is 1090. The van der Waals surface area contributed by atoms with Crippen LogP contribution >= 0.6 is 11.3 Å². The number of hydrogen-bond donors (Lipinski definition) is 2. The number of Topliss-reactive ketones (excluding diaryl/α,β-unsaturated/α-hetero) is 1. The Morgan fingerprint density at radius 3 is 2.19 bits per heavy atom. The molecular weight excluding hydrogens is 554 g/mol. The molecule has 2 heterocycles. The van der Waals surface area contributed by atoms with Crippen molar-refractivity contribution < 1.29 is 14.3 Å². The average molecular weight is 616 g/mol. The Morgan fingerprint density at radius 2 is 1.72 bits per heavy atom. The van der Waals surface area contributed by atoms with Gasteiger partial charge in [0.1, 0.15) is 11.3 Å². The lowest BCUT2D eigenvalue weighted by atomic mass is 10.1. The number of carbonyl (C=O) groups is 2. The van der Waals surface area contributed by atoms with Crippen LogP contribution in [0.4, 0.5) is 0 Å². The summed E-state index contributed by atoms with van der Waals surface area (Å²) in [5, 5.41) is 2.95. The maximum Gasteiger partial charge on any atom is 0.159 e. The van der Waals surface area contributed by atoms with Gasteiger partial charge in [0.25, 0.3) is 0 Å². The minimum atomic E-state index is 0.0698. The van der Waals surface area contributed by atoms with E-state index in [1.165, 1.54) is 26.2 Å². The highest BCUT2D eigenvalue weighted by Gasteiger charge is 2.13. The van der Waals surface area contributed by atoms with Crippen molar-refractivity contribution in [2.45, 2.75) is 108 Å². The second-order valence-corrected chi connectivity index (χ2v) is 10.1. The molecule has 0 saturated carbocycles. The monoisotopic (exact) mass is 615 g/mol. The zero-order chi connectivity index (χ0) is 33.6. The number of aromatic amines is 1. The number of aryl methyl sites for hydroxylation is 1. The topological polar surface area (TPSA) is 98.1 Å². The highest BCUT2D eigenvalue weighted by Crippen LogP contribution is 2.31. The van der Waals surface area contributed by atoms with Crippen molar-refractivity contribution in [3.05, 3.63) is 63.8 Å². The van der Waals surface area contributed by atoms with E-state index in [2.05, 4.69) is 39.3 Å². The van der Waals surface area contributed by atoms with Gasteiger partial charge in [-0.3, -0.25) is 4.79 Å². The molecule has 0 aliphatic heterocycles. The average Bonchev–Trinajstić information content (AvgIpc) is 3.63. The summed E-state index contributed by atoms with van der Waals surface area (Å²) in [6.07, 6.45) is 16.1. The summed E-state index contributed by atoms with van der Waals surface area (Å²) in [6, 6.07) is 0. The first-order valence-electron chi connectivity index (χ1n) is 15.7. The van der Waals surface area contributed by atoms with E-state index >= 15 is 0 Å². The highest BCUT2D eigenvalue weighted by atomic mass is 32.1. The molecule has 0 aromatic carbocycles. The van der Waals surface area contributed by atoms with E-state index in [4.69, 9.17) is 20.2 Å². The quantitative estimate of drug-likeness (QED) is 0.101. The first kappa shape index (κ1) is 44.6. The molecule has 0 aliphatic carbocycles. The van der Waals surface area contributed by atoms with Crippen LogP contribution in [0.15, 0.2) is 47.5 Å². The number of hydrogen-bond acceptors (Lipinski definition) is 6. The molecule has 0 aliphatic rings. The smallest absolute Gasteiger partial charge is 0.159 e. The lowest BCUT2D eigenvalue weighted by molar-refractivity contribution is -0.113. The number of rotatable bonds is 13. The Balaban J connectivity index is -0.000000830. The summed E-state index contributed by atoms with van der Waals surface area (Å²) in [4.78, 5) is 28.6. The summed E-state index contributed by atoms with van der Waals surface area (Å²) in [7, 11) is 0. The number of thiazole rings is 1. The van der Waals surface area contributed by atoms with Crippen LogP contribution in [0.2, 0.25) is 0 Å². The van der Waals surface area contributed by atoms with Crippen molar-refractivity contribution in [2.24, 2.45) is 5.73 Å². The van der Waals surface area contributed by atoms with Gasteiger partial charge in [-0.05, 0) is 70.3 Å². The molecule has 2 rings (SSSR count). The molecule has 2 aromatic heterocycles. The predicted molar refractivity (Wildman–Crippen MR) is 192 cm³/mol. The maximum absolute atomic E-state index is 11.8. The zero-order valence-corrected chi connectivity index (χ0v) is 29.9. The molecule has 43 heavy (non-hydrogen) atoms. The molecule has 2 aromatic rings. The number of nitrogens with zero attached hydrogens (tertiary/aromatic N) is 1. The molecular formula is C36H61N3O3S. The summed E-state index contributed by atoms with van der Waals surface area (Å²) >= 11 is 1.58. The van der Waals surface area contributed by atoms with Gasteiger partial charge >= 0.3 is 0 Å². The zero-order valence-electron chi connectivity index (χ0n) is 29.1. The van der Waals surface area contributed by atoms with Crippen LogP contribution in [-0.2, 0) is 14.3 Å². The largest absolute Gasteiger partial charge is 0.381 e. The molecule has 244 valence electrons. The molecule has 0 fully saturated rings. The Kier molecular flexibility index (Phi) is 31.7. The number of nitrogens with one attached hydrogen (secondary N) is 1. The third-order valence-corrected chi connectivity index (χ3v) is 6.24. The summed E-state index contributed by atoms with van der Waals surface area (Å²) < 4.78 is 5.22. The molecule has 0 saturated heterocycles. The van der Waals surface area contributed by atoms with Crippen LogP contribution < -0.4 is 5.73 Å². The van der Waals surface area contributed by atoms with E-state index in [-0.39, 0.29) is 5.78 Å². The van der Waals surface area contributed by atoms with Crippen molar-refractivity contribution >= 4 is 35.1 Å². The van der Waals surface area contributed by atoms with Crippen molar-refractivity contribution in [3.8, 4) is 11.3 Å². The molecule has 0 unspecified atom stereocenters. The molecule has 0 radical (unpaired) electrons. The first-order chi connectivity index (χ1) is 20.6. The minimum absolute atomic E-state index is 0.0698. The van der Waals surface area contributed by atoms with Gasteiger partial charge in [-0.2, -0.15) is 0 Å². The van der Waals surface area contributed by atoms with Crippen LogP contribution in [0.1, 0.15) is 118 Å².